The Balaban J connectivity index is 1.02. The maximum Gasteiger partial charge on any atom is 0.135 e. The highest BCUT2D eigenvalue weighted by Crippen LogP contribution is 2.41. The van der Waals surface area contributed by atoms with Crippen molar-refractivity contribution in [3.8, 4) is 27.9 Å². The highest BCUT2D eigenvalue weighted by molar-refractivity contribution is 6.11. The van der Waals surface area contributed by atoms with Gasteiger partial charge in [0.25, 0.3) is 0 Å². The normalized spacial score (nSPS) is 11.6. The Morgan fingerprint density at radius 1 is 0.345 bits per heavy atom. The van der Waals surface area contributed by atoms with Gasteiger partial charge in [-0.2, -0.15) is 0 Å². The third-order valence-corrected chi connectivity index (χ3v) is 11.0. The fourth-order valence-corrected chi connectivity index (χ4v) is 8.38. The number of para-hydroxylation sites is 3. The van der Waals surface area contributed by atoms with Crippen LogP contribution < -0.4 is 4.90 Å². The highest BCUT2D eigenvalue weighted by Gasteiger charge is 2.17. The van der Waals surface area contributed by atoms with E-state index in [9.17, 15) is 0 Å². The number of benzene rings is 9. The van der Waals surface area contributed by atoms with Gasteiger partial charge in [0.2, 0.25) is 0 Å². The van der Waals surface area contributed by atoms with Crippen molar-refractivity contribution in [1.82, 2.24) is 4.57 Å². The van der Waals surface area contributed by atoms with Crippen molar-refractivity contribution in [2.45, 2.75) is 0 Å². The van der Waals surface area contributed by atoms with Gasteiger partial charge in [-0.3, -0.25) is 0 Å². The maximum absolute atomic E-state index is 6.23. The van der Waals surface area contributed by atoms with Gasteiger partial charge in [-0.1, -0.05) is 127 Å². The van der Waals surface area contributed by atoms with E-state index in [1.54, 1.807) is 0 Å². The third-order valence-electron chi connectivity index (χ3n) is 11.0. The molecule has 0 saturated heterocycles. The van der Waals surface area contributed by atoms with Crippen LogP contribution in [0.1, 0.15) is 0 Å². The molecule has 0 saturated carbocycles. The molecule has 0 aliphatic rings. The molecule has 3 heteroatoms. The van der Waals surface area contributed by atoms with E-state index in [-0.39, 0.29) is 0 Å². The summed E-state index contributed by atoms with van der Waals surface area (Å²) < 4.78 is 8.59. The van der Waals surface area contributed by atoms with E-state index in [0.29, 0.717) is 0 Å². The lowest BCUT2D eigenvalue weighted by molar-refractivity contribution is 0.669. The monoisotopic (exact) mass is 702 g/mol. The Morgan fingerprint density at radius 3 is 1.76 bits per heavy atom. The van der Waals surface area contributed by atoms with Crippen LogP contribution in [0.5, 0.6) is 0 Å². The van der Waals surface area contributed by atoms with Gasteiger partial charge in [0, 0.05) is 44.3 Å². The molecule has 0 N–H and O–H groups in total. The maximum atomic E-state index is 6.23. The molecule has 2 heterocycles. The van der Waals surface area contributed by atoms with Crippen LogP contribution in [0.2, 0.25) is 0 Å². The first kappa shape index (κ1) is 31.2. The molecule has 0 spiro atoms. The molecule has 0 aliphatic heterocycles. The zero-order valence-corrected chi connectivity index (χ0v) is 29.9. The van der Waals surface area contributed by atoms with Gasteiger partial charge >= 0.3 is 0 Å². The summed E-state index contributed by atoms with van der Waals surface area (Å²) in [6.07, 6.45) is 0. The summed E-state index contributed by atoms with van der Waals surface area (Å²) >= 11 is 0. The van der Waals surface area contributed by atoms with Gasteiger partial charge < -0.3 is 13.9 Å². The standard InChI is InChI=1S/C52H34N2O/c1-2-13-39(14-3-1)54-49-19-8-6-16-45(49)47-33-38(25-31-50(47)54)35-21-26-40(27-22-35)53(42-30-32-52-48(34-42)46-17-7-9-20-51(46)55-52)41-28-23-37(24-29-41)44-18-10-12-36-11-4-5-15-43(36)44/h1-34H. The van der Waals surface area contributed by atoms with Crippen molar-refractivity contribution in [3.05, 3.63) is 206 Å². The average Bonchev–Trinajstić information content (AvgIpc) is 3.80. The Kier molecular flexibility index (Phi) is 7.17. The van der Waals surface area contributed by atoms with E-state index in [4.69, 9.17) is 4.42 Å². The zero-order valence-electron chi connectivity index (χ0n) is 29.9. The van der Waals surface area contributed by atoms with Crippen molar-refractivity contribution >= 4 is 71.6 Å². The average molecular weight is 703 g/mol. The minimum Gasteiger partial charge on any atom is -0.456 e. The van der Waals surface area contributed by atoms with E-state index >= 15 is 0 Å². The summed E-state index contributed by atoms with van der Waals surface area (Å²) in [5, 5.41) is 7.21. The number of aromatic nitrogens is 1. The number of furan rings is 1. The second-order valence-corrected chi connectivity index (χ2v) is 14.2. The van der Waals surface area contributed by atoms with Crippen LogP contribution >= 0.6 is 0 Å². The topological polar surface area (TPSA) is 21.3 Å². The van der Waals surface area contributed by atoms with Crippen LogP contribution in [0.15, 0.2) is 211 Å². The predicted molar refractivity (Wildman–Crippen MR) is 231 cm³/mol. The molecule has 0 amide bonds. The van der Waals surface area contributed by atoms with Crippen LogP contribution in [0.3, 0.4) is 0 Å². The van der Waals surface area contributed by atoms with Gasteiger partial charge in [0.1, 0.15) is 11.2 Å². The minimum absolute atomic E-state index is 0.885. The summed E-state index contributed by atoms with van der Waals surface area (Å²) in [6.45, 7) is 0. The number of rotatable bonds is 6. The number of fused-ring (bicyclic) bond motifs is 7. The lowest BCUT2D eigenvalue weighted by Gasteiger charge is -2.26. The SMILES string of the molecule is c1ccc(-n2c3ccccc3c3cc(-c4ccc(N(c5ccc(-c6cccc7ccccc67)cc5)c5ccc6oc7ccccc7c6c5)cc4)ccc32)cc1. The predicted octanol–water partition coefficient (Wildman–Crippen LogP) is 14.6. The summed E-state index contributed by atoms with van der Waals surface area (Å²) in [5.41, 5.74) is 13.4. The van der Waals surface area contributed by atoms with E-state index in [1.165, 1.54) is 54.8 Å². The van der Waals surface area contributed by atoms with Crippen LogP contribution in [0, 0.1) is 0 Å². The summed E-state index contributed by atoms with van der Waals surface area (Å²) in [7, 11) is 0. The first-order valence-corrected chi connectivity index (χ1v) is 18.8. The molecule has 11 rings (SSSR count). The number of hydrogen-bond donors (Lipinski definition) is 0. The molecule has 0 fully saturated rings. The van der Waals surface area contributed by atoms with Crippen molar-refractivity contribution in [1.29, 1.82) is 0 Å². The fraction of sp³-hybridized carbons (Fsp3) is 0. The smallest absolute Gasteiger partial charge is 0.135 e. The van der Waals surface area contributed by atoms with Crippen LogP contribution in [0.4, 0.5) is 17.1 Å². The Bertz CT molecular complexity index is 3180. The van der Waals surface area contributed by atoms with Crippen molar-refractivity contribution in [2.75, 3.05) is 4.90 Å². The van der Waals surface area contributed by atoms with Crippen LogP contribution in [-0.2, 0) is 0 Å². The van der Waals surface area contributed by atoms with Crippen molar-refractivity contribution in [3.63, 3.8) is 0 Å². The molecule has 0 atom stereocenters. The van der Waals surface area contributed by atoms with E-state index in [0.717, 1.165) is 44.7 Å². The quantitative estimate of drug-likeness (QED) is 0.172. The molecule has 0 bridgehead atoms. The second kappa shape index (κ2) is 12.6. The number of nitrogens with zero attached hydrogens (tertiary/aromatic N) is 2. The van der Waals surface area contributed by atoms with Crippen LogP contribution in [-0.4, -0.2) is 4.57 Å². The molecule has 0 radical (unpaired) electrons. The van der Waals surface area contributed by atoms with E-state index < -0.39 is 0 Å². The largest absolute Gasteiger partial charge is 0.456 e. The van der Waals surface area contributed by atoms with E-state index in [1.807, 2.05) is 12.1 Å². The van der Waals surface area contributed by atoms with Crippen molar-refractivity contribution < 1.29 is 4.42 Å². The first-order chi connectivity index (χ1) is 27.3. The molecule has 258 valence electrons. The summed E-state index contributed by atoms with van der Waals surface area (Å²) in [4.78, 5) is 2.34. The molecule has 3 nitrogen and oxygen atoms in total. The zero-order chi connectivity index (χ0) is 36.3. The van der Waals surface area contributed by atoms with E-state index in [2.05, 4.69) is 204 Å². The lowest BCUT2D eigenvalue weighted by atomic mass is 9.98. The molecule has 0 aliphatic carbocycles. The molecule has 9 aromatic carbocycles. The Labute approximate surface area is 318 Å². The molecule has 2 aromatic heterocycles. The van der Waals surface area contributed by atoms with Crippen molar-refractivity contribution in [2.24, 2.45) is 0 Å². The Hall–Kier alpha value is -7.36. The number of hydrogen-bond acceptors (Lipinski definition) is 2. The van der Waals surface area contributed by atoms with Gasteiger partial charge in [-0.15, -0.1) is 0 Å². The molecule has 0 unspecified atom stereocenters. The summed E-state index contributed by atoms with van der Waals surface area (Å²) in [5.74, 6) is 0. The first-order valence-electron chi connectivity index (χ1n) is 18.8. The van der Waals surface area contributed by atoms with Gasteiger partial charge in [0.15, 0.2) is 0 Å². The molecule has 11 aromatic rings. The molecular formula is C52H34N2O. The van der Waals surface area contributed by atoms with Gasteiger partial charge in [-0.05, 0) is 112 Å². The second-order valence-electron chi connectivity index (χ2n) is 14.2. The Morgan fingerprint density at radius 2 is 0.945 bits per heavy atom. The van der Waals surface area contributed by atoms with Crippen LogP contribution in [0.25, 0.3) is 82.5 Å². The van der Waals surface area contributed by atoms with Gasteiger partial charge in [0.05, 0.1) is 11.0 Å². The third kappa shape index (κ3) is 5.20. The summed E-state index contributed by atoms with van der Waals surface area (Å²) in [6, 6.07) is 74.0. The number of anilines is 3. The fourth-order valence-electron chi connectivity index (χ4n) is 8.38. The molecular weight excluding hydrogens is 669 g/mol. The lowest BCUT2D eigenvalue weighted by Crippen LogP contribution is -2.09. The molecule has 55 heavy (non-hydrogen) atoms. The highest BCUT2D eigenvalue weighted by atomic mass is 16.3. The minimum atomic E-state index is 0.885. The van der Waals surface area contributed by atoms with Gasteiger partial charge in [-0.25, -0.2) is 0 Å².